The number of nitrogens with two attached hydrogens (primary N) is 1. The Morgan fingerprint density at radius 2 is 2.04 bits per heavy atom. The summed E-state index contributed by atoms with van der Waals surface area (Å²) in [5.41, 5.74) is 5.23. The van der Waals surface area contributed by atoms with E-state index in [1.54, 1.807) is 0 Å². The van der Waals surface area contributed by atoms with Crippen molar-refractivity contribution in [3.8, 4) is 0 Å². The molecule has 2 rings (SSSR count). The number of amides is 2. The summed E-state index contributed by atoms with van der Waals surface area (Å²) in [6, 6.07) is -0.759. The Morgan fingerprint density at radius 1 is 1.38 bits per heavy atom. The molecule has 0 saturated carbocycles. The number of halogens is 1. The molecule has 5 N–H and O–H groups in total. The number of carbonyl (C=O) groups excluding carboxylic acids is 1. The third kappa shape index (κ3) is 5.30. The lowest BCUT2D eigenvalue weighted by Crippen LogP contribution is -2.50. The number of alkyl halides is 1. The first-order valence-electron chi connectivity index (χ1n) is 6.65. The Labute approximate surface area is 135 Å². The van der Waals surface area contributed by atoms with E-state index in [0.717, 1.165) is 4.90 Å². The molecule has 0 radical (unpaired) electrons. The van der Waals surface area contributed by atoms with Crippen molar-refractivity contribution in [2.45, 2.75) is 31.3 Å². The van der Waals surface area contributed by atoms with Crippen molar-refractivity contribution >= 4 is 27.5 Å². The molecule has 0 aromatic carbocycles. The molecule has 24 heavy (non-hydrogen) atoms. The summed E-state index contributed by atoms with van der Waals surface area (Å²) in [6.45, 7) is -0.844. The molecule has 2 amide bonds. The molecular weight excluding hydrogens is 375 g/mol. The highest BCUT2D eigenvalue weighted by Gasteiger charge is 2.39. The number of aliphatic imine (C=N–C) groups is 1. The van der Waals surface area contributed by atoms with Crippen molar-refractivity contribution in [2.75, 3.05) is 13.2 Å². The molecule has 12 nitrogen and oxygen atoms in total. The van der Waals surface area contributed by atoms with Crippen LogP contribution in [-0.2, 0) is 22.7 Å². The third-order valence-electron chi connectivity index (χ3n) is 3.21. The maximum atomic E-state index is 13.5. The highest BCUT2D eigenvalue weighted by molar-refractivity contribution is 7.60. The van der Waals surface area contributed by atoms with Gasteiger partial charge in [-0.2, -0.15) is 9.30 Å². The highest BCUT2D eigenvalue weighted by Crippen LogP contribution is 2.57. The summed E-state index contributed by atoms with van der Waals surface area (Å²) in [5.74, 6) is -0.412. The number of ether oxygens (including phenoxy) is 1. The van der Waals surface area contributed by atoms with Gasteiger partial charge in [0.2, 0.25) is 0 Å². The van der Waals surface area contributed by atoms with Gasteiger partial charge in [0.05, 0.1) is 19.3 Å². The van der Waals surface area contributed by atoms with Crippen LogP contribution < -0.4 is 5.73 Å². The van der Waals surface area contributed by atoms with Crippen LogP contribution in [0, 0.1) is 0 Å². The standard InChI is InChI=1S/C9H16FN3O9P2/c10-6-3-13(9(14)12-8(6)11)7-2-1-5(21-7)4-20-24(18,19)22-23(15,16)17/h5-7H,1-4H2,(H,18,19)(H2,11,12,14)(H2,15,16,17)/t5-,6?,7+/m1/s1. The van der Waals surface area contributed by atoms with Crippen LogP contribution in [0.5, 0.6) is 0 Å². The number of hydrogen-bond donors (Lipinski definition) is 4. The molecule has 2 aliphatic heterocycles. The molecule has 1 fully saturated rings. The van der Waals surface area contributed by atoms with Crippen LogP contribution in [0.1, 0.15) is 12.8 Å². The summed E-state index contributed by atoms with van der Waals surface area (Å²) in [5, 5.41) is 0. The highest BCUT2D eigenvalue weighted by atomic mass is 31.3. The molecule has 0 bridgehead atoms. The van der Waals surface area contributed by atoms with Crippen LogP contribution in [-0.4, -0.2) is 63.1 Å². The zero-order chi connectivity index (χ0) is 18.1. The van der Waals surface area contributed by atoms with Gasteiger partial charge in [0.15, 0.2) is 6.17 Å². The van der Waals surface area contributed by atoms with Gasteiger partial charge >= 0.3 is 21.7 Å². The Morgan fingerprint density at radius 3 is 2.67 bits per heavy atom. The van der Waals surface area contributed by atoms with Crippen molar-refractivity contribution in [1.82, 2.24) is 4.90 Å². The van der Waals surface area contributed by atoms with Gasteiger partial charge in [-0.25, -0.2) is 18.3 Å². The molecule has 0 aromatic rings. The monoisotopic (exact) mass is 391 g/mol. The average molecular weight is 391 g/mol. The second-order valence-corrected chi connectivity index (χ2v) is 7.90. The van der Waals surface area contributed by atoms with Gasteiger partial charge in [0.1, 0.15) is 12.1 Å². The number of nitrogens with zero attached hydrogens (tertiary/aromatic N) is 2. The van der Waals surface area contributed by atoms with Crippen LogP contribution in [0.25, 0.3) is 0 Å². The van der Waals surface area contributed by atoms with Crippen LogP contribution in [0.4, 0.5) is 9.18 Å². The van der Waals surface area contributed by atoms with Gasteiger partial charge in [0.25, 0.3) is 0 Å². The molecule has 15 heteroatoms. The number of phosphoric acid groups is 2. The van der Waals surface area contributed by atoms with E-state index in [2.05, 4.69) is 13.8 Å². The molecular formula is C9H16FN3O9P2. The fourth-order valence-corrected chi connectivity index (χ4v) is 3.82. The zero-order valence-corrected chi connectivity index (χ0v) is 13.9. The van der Waals surface area contributed by atoms with Crippen molar-refractivity contribution in [1.29, 1.82) is 0 Å². The smallest absolute Gasteiger partial charge is 0.384 e. The van der Waals surface area contributed by atoms with Crippen LogP contribution in [0.2, 0.25) is 0 Å². The number of amidine groups is 1. The fraction of sp³-hybridized carbons (Fsp3) is 0.778. The summed E-state index contributed by atoms with van der Waals surface area (Å²) >= 11 is 0. The molecule has 0 aliphatic carbocycles. The number of rotatable bonds is 6. The minimum absolute atomic E-state index is 0.289. The zero-order valence-electron chi connectivity index (χ0n) is 12.1. The molecule has 1 saturated heterocycles. The first kappa shape index (κ1) is 19.4. The fourth-order valence-electron chi connectivity index (χ4n) is 2.20. The van der Waals surface area contributed by atoms with Gasteiger partial charge in [-0.15, -0.1) is 0 Å². The Hall–Kier alpha value is -0.910. The lowest BCUT2D eigenvalue weighted by atomic mass is 10.2. The van der Waals surface area contributed by atoms with Gasteiger partial charge in [-0.3, -0.25) is 9.42 Å². The van der Waals surface area contributed by atoms with Crippen molar-refractivity contribution in [2.24, 2.45) is 10.7 Å². The normalized spacial score (nSPS) is 31.0. The molecule has 0 aromatic heterocycles. The maximum Gasteiger partial charge on any atom is 0.481 e. The van der Waals surface area contributed by atoms with E-state index in [4.69, 9.17) is 25.2 Å². The number of urea groups is 1. The Kier molecular flexibility index (Phi) is 5.78. The van der Waals surface area contributed by atoms with Crippen LogP contribution >= 0.6 is 15.6 Å². The topological polar surface area (TPSA) is 181 Å². The summed E-state index contributed by atoms with van der Waals surface area (Å²) in [4.78, 5) is 42.2. The van der Waals surface area contributed by atoms with Crippen molar-refractivity contribution < 1.29 is 46.6 Å². The summed E-state index contributed by atoms with van der Waals surface area (Å²) in [7, 11) is -10.2. The third-order valence-corrected chi connectivity index (χ3v) is 5.37. The van der Waals surface area contributed by atoms with Gasteiger partial charge < -0.3 is 25.2 Å². The number of hydrogen-bond acceptors (Lipinski definition) is 7. The second kappa shape index (κ2) is 7.14. The second-order valence-electron chi connectivity index (χ2n) is 5.07. The maximum absolute atomic E-state index is 13.5. The van der Waals surface area contributed by atoms with Gasteiger partial charge in [0, 0.05) is 0 Å². The van der Waals surface area contributed by atoms with E-state index in [9.17, 15) is 18.3 Å². The predicted molar refractivity (Wildman–Crippen MR) is 75.4 cm³/mol. The van der Waals surface area contributed by atoms with Crippen molar-refractivity contribution in [3.05, 3.63) is 0 Å². The van der Waals surface area contributed by atoms with E-state index in [-0.39, 0.29) is 13.0 Å². The van der Waals surface area contributed by atoms with E-state index in [1.807, 2.05) is 0 Å². The first-order chi connectivity index (χ1) is 11.0. The largest absolute Gasteiger partial charge is 0.481 e. The quantitative estimate of drug-likeness (QED) is 0.444. The summed E-state index contributed by atoms with van der Waals surface area (Å²) in [6.07, 6.45) is -2.61. The van der Waals surface area contributed by atoms with Gasteiger partial charge in [-0.1, -0.05) is 0 Å². The Balaban J connectivity index is 1.87. The van der Waals surface area contributed by atoms with Crippen LogP contribution in [0.15, 0.2) is 4.99 Å². The lowest BCUT2D eigenvalue weighted by molar-refractivity contribution is -0.0526. The molecule has 2 heterocycles. The minimum Gasteiger partial charge on any atom is -0.384 e. The summed E-state index contributed by atoms with van der Waals surface area (Å²) < 4.78 is 48.8. The molecule has 0 spiro atoms. The predicted octanol–water partition coefficient (Wildman–Crippen LogP) is -0.151. The van der Waals surface area contributed by atoms with E-state index in [0.29, 0.717) is 6.42 Å². The van der Waals surface area contributed by atoms with E-state index in [1.165, 1.54) is 0 Å². The molecule has 138 valence electrons. The lowest BCUT2D eigenvalue weighted by Gasteiger charge is -2.31. The molecule has 2 aliphatic rings. The average Bonchev–Trinajstić information content (AvgIpc) is 2.87. The Bertz CT molecular complexity index is 625. The SMILES string of the molecule is NC1=NC(=O)N([C@@H]2CC[C@H](COP(=O)(O)OP(=O)(O)O)O2)CC1F. The molecule has 4 atom stereocenters. The number of carbonyl (C=O) groups is 1. The van der Waals surface area contributed by atoms with Gasteiger partial charge in [-0.05, 0) is 12.8 Å². The van der Waals surface area contributed by atoms with E-state index >= 15 is 0 Å². The molecule has 2 unspecified atom stereocenters. The van der Waals surface area contributed by atoms with Crippen LogP contribution in [0.3, 0.4) is 0 Å². The van der Waals surface area contributed by atoms with E-state index < -0.39 is 52.6 Å². The first-order valence-corrected chi connectivity index (χ1v) is 9.68. The number of phosphoric ester groups is 1. The minimum atomic E-state index is -5.20. The van der Waals surface area contributed by atoms with Crippen molar-refractivity contribution in [3.63, 3.8) is 0 Å².